The fourth-order valence-electron chi connectivity index (χ4n) is 1.13. The van der Waals surface area contributed by atoms with Crippen molar-refractivity contribution < 1.29 is 4.79 Å². The van der Waals surface area contributed by atoms with Crippen LogP contribution < -0.4 is 5.32 Å². The van der Waals surface area contributed by atoms with E-state index in [1.165, 1.54) is 0 Å². The van der Waals surface area contributed by atoms with E-state index < -0.39 is 0 Å². The van der Waals surface area contributed by atoms with Crippen molar-refractivity contribution in [2.45, 2.75) is 31.6 Å². The third-order valence-electron chi connectivity index (χ3n) is 2.33. The Morgan fingerprint density at radius 3 is 2.33 bits per heavy atom. The summed E-state index contributed by atoms with van der Waals surface area (Å²) in [6.45, 7) is 8.30. The van der Waals surface area contributed by atoms with Crippen LogP contribution in [0.3, 0.4) is 0 Å². The lowest BCUT2D eigenvalue weighted by molar-refractivity contribution is -0.130. The van der Waals surface area contributed by atoms with E-state index in [1.807, 2.05) is 11.9 Å². The van der Waals surface area contributed by atoms with E-state index in [9.17, 15) is 4.79 Å². The van der Waals surface area contributed by atoms with Crippen LogP contribution in [0, 0.1) is 0 Å². The van der Waals surface area contributed by atoms with Crippen LogP contribution in [0.2, 0.25) is 0 Å². The molecule has 15 heavy (non-hydrogen) atoms. The van der Waals surface area contributed by atoms with Crippen LogP contribution in [-0.4, -0.2) is 47.5 Å². The van der Waals surface area contributed by atoms with Crippen LogP contribution in [0.5, 0.6) is 0 Å². The Morgan fingerprint density at radius 1 is 1.47 bits per heavy atom. The summed E-state index contributed by atoms with van der Waals surface area (Å²) in [6.07, 6.45) is 0. The minimum atomic E-state index is 0. The topological polar surface area (TPSA) is 32.3 Å². The third-order valence-corrected chi connectivity index (χ3v) is 3.59. The van der Waals surface area contributed by atoms with Gasteiger partial charge in [0.05, 0.1) is 11.8 Å². The van der Waals surface area contributed by atoms with Gasteiger partial charge in [-0.15, -0.1) is 24.2 Å². The second-order valence-electron chi connectivity index (χ2n) is 4.72. The summed E-state index contributed by atoms with van der Waals surface area (Å²) in [5, 5.41) is 3.17. The van der Waals surface area contributed by atoms with Crippen molar-refractivity contribution in [2.75, 3.05) is 25.9 Å². The Balaban J connectivity index is 0.00000196. The molecule has 5 heteroatoms. The van der Waals surface area contributed by atoms with Gasteiger partial charge in [-0.1, -0.05) is 20.8 Å². The second kappa shape index (κ2) is 5.97. The van der Waals surface area contributed by atoms with Crippen molar-refractivity contribution >= 4 is 30.1 Å². The first-order valence-electron chi connectivity index (χ1n) is 5.00. The maximum atomic E-state index is 11.7. The Morgan fingerprint density at radius 2 is 2.00 bits per heavy atom. The highest BCUT2D eigenvalue weighted by molar-refractivity contribution is 8.01. The van der Waals surface area contributed by atoms with Crippen molar-refractivity contribution in [1.29, 1.82) is 0 Å². The van der Waals surface area contributed by atoms with Crippen LogP contribution >= 0.6 is 24.2 Å². The molecule has 90 valence electrons. The average molecular weight is 253 g/mol. The van der Waals surface area contributed by atoms with E-state index in [1.54, 1.807) is 11.8 Å². The Kier molecular flexibility index (Phi) is 5.99. The number of amides is 1. The van der Waals surface area contributed by atoms with Gasteiger partial charge in [-0.3, -0.25) is 4.79 Å². The summed E-state index contributed by atoms with van der Waals surface area (Å²) in [4.78, 5) is 13.6. The van der Waals surface area contributed by atoms with Crippen molar-refractivity contribution in [3.63, 3.8) is 0 Å². The summed E-state index contributed by atoms with van der Waals surface area (Å²) in [5.74, 6) is 0.840. The third kappa shape index (κ3) is 5.09. The van der Waals surface area contributed by atoms with E-state index in [0.717, 1.165) is 13.1 Å². The van der Waals surface area contributed by atoms with Gasteiger partial charge < -0.3 is 10.2 Å². The van der Waals surface area contributed by atoms with E-state index in [4.69, 9.17) is 0 Å². The van der Waals surface area contributed by atoms with E-state index in [2.05, 4.69) is 26.1 Å². The van der Waals surface area contributed by atoms with E-state index in [0.29, 0.717) is 11.8 Å². The largest absolute Gasteiger partial charge is 0.339 e. The van der Waals surface area contributed by atoms with Crippen LogP contribution in [0.1, 0.15) is 20.8 Å². The van der Waals surface area contributed by atoms with Gasteiger partial charge in [0, 0.05) is 24.9 Å². The normalized spacial score (nSPS) is 16.5. The van der Waals surface area contributed by atoms with Crippen molar-refractivity contribution in [2.24, 2.45) is 0 Å². The summed E-state index contributed by atoms with van der Waals surface area (Å²) in [7, 11) is 1.90. The fourth-order valence-corrected chi connectivity index (χ4v) is 1.89. The maximum absolute atomic E-state index is 11.7. The molecule has 3 nitrogen and oxygen atoms in total. The average Bonchev–Trinajstić information content (AvgIpc) is 1.95. The number of carbonyl (C=O) groups excluding carboxylic acids is 1. The molecule has 1 aliphatic rings. The number of hydrogen-bond acceptors (Lipinski definition) is 3. The minimum absolute atomic E-state index is 0. The van der Waals surface area contributed by atoms with Gasteiger partial charge in [-0.2, -0.15) is 0 Å². The standard InChI is InChI=1S/C10H20N2OS.ClH/c1-10(2,3)14-7-9(13)12(4)8-5-11-6-8;/h8,11H,5-7H2,1-4H3;1H. The quantitative estimate of drug-likeness (QED) is 0.824. The molecule has 1 saturated heterocycles. The first kappa shape index (κ1) is 15.1. The Bertz CT molecular complexity index is 214. The summed E-state index contributed by atoms with van der Waals surface area (Å²) in [6, 6.07) is 0.420. The predicted molar refractivity (Wildman–Crippen MR) is 68.9 cm³/mol. The molecule has 1 N–H and O–H groups in total. The summed E-state index contributed by atoms with van der Waals surface area (Å²) >= 11 is 1.71. The summed E-state index contributed by atoms with van der Waals surface area (Å²) in [5.41, 5.74) is 0. The number of thioether (sulfide) groups is 1. The molecule has 0 aromatic heterocycles. The molecule has 0 unspecified atom stereocenters. The van der Waals surface area contributed by atoms with Gasteiger partial charge in [0.2, 0.25) is 5.91 Å². The maximum Gasteiger partial charge on any atom is 0.232 e. The minimum Gasteiger partial charge on any atom is -0.339 e. The molecule has 1 fully saturated rings. The molecule has 0 saturated carbocycles. The lowest BCUT2D eigenvalue weighted by Crippen LogP contribution is -2.57. The smallest absolute Gasteiger partial charge is 0.232 e. The highest BCUT2D eigenvalue weighted by Gasteiger charge is 2.25. The van der Waals surface area contributed by atoms with Gasteiger partial charge in [-0.05, 0) is 0 Å². The highest BCUT2D eigenvalue weighted by atomic mass is 35.5. The Labute approximate surface area is 103 Å². The zero-order valence-electron chi connectivity index (χ0n) is 9.87. The van der Waals surface area contributed by atoms with Crippen LogP contribution in [0.15, 0.2) is 0 Å². The number of hydrogen-bond donors (Lipinski definition) is 1. The number of nitrogens with zero attached hydrogens (tertiary/aromatic N) is 1. The Hall–Kier alpha value is 0.0700. The van der Waals surface area contributed by atoms with Crippen LogP contribution in [0.25, 0.3) is 0 Å². The molecule has 0 aromatic carbocycles. The zero-order chi connectivity index (χ0) is 10.8. The molecule has 1 heterocycles. The van der Waals surface area contributed by atoms with Gasteiger partial charge in [0.1, 0.15) is 0 Å². The van der Waals surface area contributed by atoms with Gasteiger partial charge >= 0.3 is 0 Å². The van der Waals surface area contributed by atoms with E-state index in [-0.39, 0.29) is 23.1 Å². The first-order chi connectivity index (χ1) is 6.40. The second-order valence-corrected chi connectivity index (χ2v) is 6.52. The fraction of sp³-hybridized carbons (Fsp3) is 0.900. The number of carbonyl (C=O) groups is 1. The first-order valence-corrected chi connectivity index (χ1v) is 5.99. The van der Waals surface area contributed by atoms with Crippen LogP contribution in [-0.2, 0) is 4.79 Å². The van der Waals surface area contributed by atoms with Gasteiger partial charge in [-0.25, -0.2) is 0 Å². The van der Waals surface area contributed by atoms with Crippen molar-refractivity contribution in [3.8, 4) is 0 Å². The SMILES string of the molecule is CN(C(=O)CSC(C)(C)C)C1CNC1.Cl. The molecule has 1 amide bonds. The predicted octanol–water partition coefficient (Wildman–Crippen LogP) is 1.37. The zero-order valence-corrected chi connectivity index (χ0v) is 11.5. The van der Waals surface area contributed by atoms with E-state index >= 15 is 0 Å². The molecule has 0 atom stereocenters. The monoisotopic (exact) mass is 252 g/mol. The highest BCUT2D eigenvalue weighted by Crippen LogP contribution is 2.23. The molecule has 0 radical (unpaired) electrons. The molecule has 0 aromatic rings. The molecule has 1 aliphatic heterocycles. The van der Waals surface area contributed by atoms with Gasteiger partial charge in [0.25, 0.3) is 0 Å². The van der Waals surface area contributed by atoms with Crippen LogP contribution in [0.4, 0.5) is 0 Å². The number of nitrogens with one attached hydrogen (secondary N) is 1. The molecular weight excluding hydrogens is 232 g/mol. The molecule has 0 aliphatic carbocycles. The summed E-state index contributed by atoms with van der Waals surface area (Å²) < 4.78 is 0.175. The number of halogens is 1. The lowest BCUT2D eigenvalue weighted by atomic mass is 10.1. The molecule has 1 rings (SSSR count). The number of likely N-dealkylation sites (N-methyl/N-ethyl adjacent to an activating group) is 1. The van der Waals surface area contributed by atoms with Gasteiger partial charge in [0.15, 0.2) is 0 Å². The number of rotatable bonds is 3. The van der Waals surface area contributed by atoms with Crippen molar-refractivity contribution in [3.05, 3.63) is 0 Å². The molecule has 0 spiro atoms. The lowest BCUT2D eigenvalue weighted by Gasteiger charge is -2.36. The van der Waals surface area contributed by atoms with Crippen molar-refractivity contribution in [1.82, 2.24) is 10.2 Å². The molecular formula is C10H21ClN2OS. The molecule has 0 bridgehead atoms.